The van der Waals surface area contributed by atoms with Crippen molar-refractivity contribution in [2.45, 2.75) is 129 Å². The first-order chi connectivity index (χ1) is 17.4. The number of ether oxygens (including phenoxy) is 2. The van der Waals surface area contributed by atoms with Crippen LogP contribution in [0, 0.1) is 0 Å². The summed E-state index contributed by atoms with van der Waals surface area (Å²) in [7, 11) is 1.22. The van der Waals surface area contributed by atoms with Gasteiger partial charge in [0.15, 0.2) is 0 Å². The van der Waals surface area contributed by atoms with Crippen molar-refractivity contribution in [3.05, 3.63) is 0 Å². The first-order valence-corrected chi connectivity index (χ1v) is 16.3. The van der Waals surface area contributed by atoms with Gasteiger partial charge in [-0.2, -0.15) is 0 Å². The van der Waals surface area contributed by atoms with Crippen molar-refractivity contribution in [1.82, 2.24) is 4.90 Å². The zero-order valence-corrected chi connectivity index (χ0v) is 25.1. The van der Waals surface area contributed by atoms with Gasteiger partial charge in [0.2, 0.25) is 0 Å². The third-order valence-corrected chi connectivity index (χ3v) is 7.48. The largest absolute Gasteiger partial charge is 0.472 e. The monoisotopic (exact) mass is 537 g/mol. The molecule has 0 bridgehead atoms. The highest BCUT2D eigenvalue weighted by atomic mass is 31.2. The lowest BCUT2D eigenvalue weighted by molar-refractivity contribution is -0.0222. The van der Waals surface area contributed by atoms with Crippen LogP contribution in [0.25, 0.3) is 0 Å². The van der Waals surface area contributed by atoms with Crippen molar-refractivity contribution in [3.8, 4) is 0 Å². The van der Waals surface area contributed by atoms with E-state index in [0.29, 0.717) is 19.8 Å². The fourth-order valence-corrected chi connectivity index (χ4v) is 4.80. The van der Waals surface area contributed by atoms with Gasteiger partial charge in [0, 0.05) is 20.3 Å². The fraction of sp³-hybridized carbons (Fsp3) is 1.00. The molecule has 2 atom stereocenters. The Hall–Kier alpha value is -0.0100. The summed E-state index contributed by atoms with van der Waals surface area (Å²) in [5, 5.41) is 0. The Kier molecular flexibility index (Phi) is 26.6. The Morgan fingerprint density at radius 2 is 1.11 bits per heavy atom. The quantitative estimate of drug-likeness (QED) is 0.0772. The van der Waals surface area contributed by atoms with Crippen LogP contribution in [0.15, 0.2) is 0 Å². The zero-order chi connectivity index (χ0) is 26.7. The highest BCUT2D eigenvalue weighted by Crippen LogP contribution is 2.43. The Morgan fingerprint density at radius 1 is 0.667 bits per heavy atom. The molecule has 0 saturated heterocycles. The van der Waals surface area contributed by atoms with Gasteiger partial charge in [-0.3, -0.25) is 9.05 Å². The predicted molar refractivity (Wildman–Crippen MR) is 151 cm³/mol. The molecule has 0 spiro atoms. The van der Waals surface area contributed by atoms with E-state index in [4.69, 9.17) is 18.5 Å². The molecule has 0 aliphatic carbocycles. The molecule has 0 fully saturated rings. The molecule has 2 unspecified atom stereocenters. The van der Waals surface area contributed by atoms with Gasteiger partial charge in [-0.25, -0.2) is 4.57 Å². The number of rotatable bonds is 29. The Balaban J connectivity index is 3.40. The van der Waals surface area contributed by atoms with Crippen LogP contribution in [-0.4, -0.2) is 70.1 Å². The van der Waals surface area contributed by atoms with Crippen LogP contribution in [0.5, 0.6) is 0 Å². The number of hydrogen-bond donors (Lipinski definition) is 1. The Labute approximate surface area is 223 Å². The van der Waals surface area contributed by atoms with Crippen molar-refractivity contribution in [2.75, 3.05) is 54.2 Å². The van der Waals surface area contributed by atoms with Crippen LogP contribution >= 0.6 is 7.82 Å². The number of phosphoric ester groups is 1. The second-order valence-electron chi connectivity index (χ2n) is 10.3. The average Bonchev–Trinajstić information content (AvgIpc) is 2.84. The van der Waals surface area contributed by atoms with Gasteiger partial charge < -0.3 is 19.3 Å². The highest BCUT2D eigenvalue weighted by molar-refractivity contribution is 7.47. The molecule has 0 aromatic rings. The normalized spacial score (nSPS) is 14.4. The summed E-state index contributed by atoms with van der Waals surface area (Å²) in [6, 6.07) is 0. The van der Waals surface area contributed by atoms with E-state index in [1.54, 1.807) is 7.11 Å². The van der Waals surface area contributed by atoms with Crippen LogP contribution in [0.4, 0.5) is 0 Å². The van der Waals surface area contributed by atoms with E-state index >= 15 is 0 Å². The van der Waals surface area contributed by atoms with Gasteiger partial charge in [-0.15, -0.1) is 0 Å². The van der Waals surface area contributed by atoms with Gasteiger partial charge in [0.05, 0.1) is 19.8 Å². The second-order valence-corrected chi connectivity index (χ2v) is 11.8. The molecule has 0 aliphatic heterocycles. The molecule has 0 rings (SSSR count). The molecule has 0 amide bonds. The number of likely N-dealkylation sites (N-methyl/N-ethyl adjacent to an activating group) is 1. The van der Waals surface area contributed by atoms with Crippen LogP contribution in [0.1, 0.15) is 122 Å². The molecule has 8 heteroatoms. The smallest absolute Gasteiger partial charge is 0.379 e. The van der Waals surface area contributed by atoms with Gasteiger partial charge in [0.25, 0.3) is 0 Å². The van der Waals surface area contributed by atoms with E-state index in [1.807, 2.05) is 19.0 Å². The molecule has 1 N–H and O–H groups in total. The lowest BCUT2D eigenvalue weighted by atomic mass is 10.0. The van der Waals surface area contributed by atoms with Crippen LogP contribution in [-0.2, 0) is 23.1 Å². The summed E-state index contributed by atoms with van der Waals surface area (Å²) in [4.78, 5) is 11.6. The Bertz CT molecular complexity index is 495. The summed E-state index contributed by atoms with van der Waals surface area (Å²) in [5.41, 5.74) is 0. The number of hydrogen-bond acceptors (Lipinski definition) is 6. The average molecular weight is 538 g/mol. The minimum Gasteiger partial charge on any atom is -0.379 e. The number of methoxy groups -OCH3 is 1. The third kappa shape index (κ3) is 27.0. The van der Waals surface area contributed by atoms with E-state index in [-0.39, 0.29) is 13.2 Å². The van der Waals surface area contributed by atoms with Crippen molar-refractivity contribution >= 4 is 7.82 Å². The molecule has 218 valence electrons. The number of phosphoric acid groups is 1. The molecule has 0 aromatic heterocycles. The molecular weight excluding hydrogens is 477 g/mol. The van der Waals surface area contributed by atoms with Crippen molar-refractivity contribution in [2.24, 2.45) is 0 Å². The topological polar surface area (TPSA) is 77.5 Å². The van der Waals surface area contributed by atoms with Crippen LogP contribution < -0.4 is 0 Å². The van der Waals surface area contributed by atoms with Gasteiger partial charge in [-0.05, 0) is 20.5 Å². The van der Waals surface area contributed by atoms with Gasteiger partial charge in [0.1, 0.15) is 6.10 Å². The SMILES string of the molecule is CCCCCCCCCCCCCCCCCCCCOCC(COP(=O)(O)OCCN(C)C)OC. The number of unbranched alkanes of at least 4 members (excludes halogenated alkanes) is 17. The maximum absolute atomic E-state index is 11.9. The summed E-state index contributed by atoms with van der Waals surface area (Å²) < 4.78 is 32.8. The minimum absolute atomic E-state index is 0.0363. The zero-order valence-electron chi connectivity index (χ0n) is 24.2. The molecule has 36 heavy (non-hydrogen) atoms. The Morgan fingerprint density at radius 3 is 1.53 bits per heavy atom. The fourth-order valence-electron chi connectivity index (χ4n) is 4.06. The van der Waals surface area contributed by atoms with Gasteiger partial charge in [-0.1, -0.05) is 116 Å². The molecule has 7 nitrogen and oxygen atoms in total. The van der Waals surface area contributed by atoms with E-state index in [1.165, 1.54) is 109 Å². The first kappa shape index (κ1) is 36.0. The van der Waals surface area contributed by atoms with Crippen LogP contribution in [0.3, 0.4) is 0 Å². The van der Waals surface area contributed by atoms with Gasteiger partial charge >= 0.3 is 7.82 Å². The molecule has 0 aromatic carbocycles. The summed E-state index contributed by atoms with van der Waals surface area (Å²) in [5.74, 6) is 0. The predicted octanol–water partition coefficient (Wildman–Crippen LogP) is 7.75. The molecule has 0 radical (unpaired) electrons. The molecule has 0 heterocycles. The maximum Gasteiger partial charge on any atom is 0.472 e. The molecule has 0 aliphatic rings. The lowest BCUT2D eigenvalue weighted by Crippen LogP contribution is -2.24. The summed E-state index contributed by atoms with van der Waals surface area (Å²) in [6.07, 6.45) is 24.1. The second kappa shape index (κ2) is 26.6. The maximum atomic E-state index is 11.9. The van der Waals surface area contributed by atoms with Crippen molar-refractivity contribution in [1.29, 1.82) is 0 Å². The van der Waals surface area contributed by atoms with E-state index in [9.17, 15) is 9.46 Å². The highest BCUT2D eigenvalue weighted by Gasteiger charge is 2.23. The van der Waals surface area contributed by atoms with E-state index in [2.05, 4.69) is 6.92 Å². The minimum atomic E-state index is -4.06. The lowest BCUT2D eigenvalue weighted by Gasteiger charge is -2.18. The first-order valence-electron chi connectivity index (χ1n) is 14.8. The van der Waals surface area contributed by atoms with E-state index in [0.717, 1.165) is 6.42 Å². The molecular formula is C28H60NO6P. The van der Waals surface area contributed by atoms with Crippen molar-refractivity contribution in [3.63, 3.8) is 0 Å². The van der Waals surface area contributed by atoms with Crippen LogP contribution in [0.2, 0.25) is 0 Å². The van der Waals surface area contributed by atoms with E-state index < -0.39 is 13.9 Å². The summed E-state index contributed by atoms with van der Waals surface area (Å²) >= 11 is 0. The molecule has 0 saturated carbocycles. The number of nitrogens with zero attached hydrogens (tertiary/aromatic N) is 1. The third-order valence-electron chi connectivity index (χ3n) is 6.50. The summed E-state index contributed by atoms with van der Waals surface area (Å²) in [6.45, 7) is 3.94. The standard InChI is InChI=1S/C28H60NO6P/c1-5-6-7-8-9-10-11-12-13-14-15-16-17-18-19-20-21-22-24-33-26-28(32-4)27-35-36(30,31)34-25-23-29(2)3/h28H,5-27H2,1-4H3,(H,30,31). The van der Waals surface area contributed by atoms with Crippen molar-refractivity contribution < 1.29 is 28.0 Å².